The summed E-state index contributed by atoms with van der Waals surface area (Å²) < 4.78 is 11.9. The highest BCUT2D eigenvalue weighted by Gasteiger charge is 2.54. The average Bonchev–Trinajstić information content (AvgIpc) is 3.21. The van der Waals surface area contributed by atoms with Crippen LogP contribution in [0.5, 0.6) is 5.75 Å². The summed E-state index contributed by atoms with van der Waals surface area (Å²) in [5, 5.41) is 0. The number of hydrogen-bond donors (Lipinski definition) is 0. The first kappa shape index (κ1) is 14.7. The van der Waals surface area contributed by atoms with Gasteiger partial charge in [0, 0.05) is 24.3 Å². The molecule has 1 aromatic heterocycles. The summed E-state index contributed by atoms with van der Waals surface area (Å²) in [6.45, 7) is 2.77. The minimum absolute atomic E-state index is 0.197. The van der Waals surface area contributed by atoms with Crippen LogP contribution in [0, 0.1) is 5.92 Å². The summed E-state index contributed by atoms with van der Waals surface area (Å²) in [5.41, 5.74) is 0.790. The molecule has 1 amide bonds. The smallest absolute Gasteiger partial charge is 0.249 e. The van der Waals surface area contributed by atoms with Crippen LogP contribution in [0.3, 0.4) is 0 Å². The Morgan fingerprint density at radius 1 is 1.48 bits per heavy atom. The number of carbonyl (C=O) groups excluding carboxylic acids is 1. The van der Waals surface area contributed by atoms with Crippen LogP contribution in [0.1, 0.15) is 25.7 Å². The third-order valence-corrected chi connectivity index (χ3v) is 5.21. The standard InChI is InChI=1S/C18H22N2O3/c21-17(14-4-1-2-5-14)20-12-18(13-20)15(7-9-23-18)11-22-16-6-3-8-19-10-16/h3-4,6,8,10,15H,1-2,5,7,9,11-13H2/t15-/m0/s1. The lowest BCUT2D eigenvalue weighted by Gasteiger charge is -2.50. The number of aromatic nitrogens is 1. The Hall–Kier alpha value is -1.88. The molecule has 1 aromatic rings. The molecule has 23 heavy (non-hydrogen) atoms. The molecule has 3 heterocycles. The Morgan fingerprint density at radius 2 is 2.39 bits per heavy atom. The van der Waals surface area contributed by atoms with Crippen LogP contribution >= 0.6 is 0 Å². The summed E-state index contributed by atoms with van der Waals surface area (Å²) in [6, 6.07) is 3.79. The van der Waals surface area contributed by atoms with E-state index < -0.39 is 0 Å². The van der Waals surface area contributed by atoms with Gasteiger partial charge in [0.25, 0.3) is 0 Å². The van der Waals surface area contributed by atoms with E-state index in [2.05, 4.69) is 11.1 Å². The summed E-state index contributed by atoms with van der Waals surface area (Å²) in [5.74, 6) is 1.33. The summed E-state index contributed by atoms with van der Waals surface area (Å²) in [6.07, 6.45) is 9.62. The molecule has 4 rings (SSSR count). The first-order valence-electron chi connectivity index (χ1n) is 8.42. The molecule has 0 N–H and O–H groups in total. The fourth-order valence-corrected chi connectivity index (χ4v) is 3.81. The van der Waals surface area contributed by atoms with Crippen LogP contribution in [0.4, 0.5) is 0 Å². The zero-order valence-corrected chi connectivity index (χ0v) is 13.2. The molecule has 5 heteroatoms. The van der Waals surface area contributed by atoms with E-state index in [1.165, 1.54) is 0 Å². The van der Waals surface area contributed by atoms with Gasteiger partial charge in [0.1, 0.15) is 11.4 Å². The number of ether oxygens (including phenoxy) is 2. The topological polar surface area (TPSA) is 51.7 Å². The molecule has 2 saturated heterocycles. The van der Waals surface area contributed by atoms with Gasteiger partial charge in [-0.3, -0.25) is 9.78 Å². The molecule has 3 aliphatic rings. The summed E-state index contributed by atoms with van der Waals surface area (Å²) in [7, 11) is 0. The minimum atomic E-state index is -0.197. The molecule has 0 saturated carbocycles. The van der Waals surface area contributed by atoms with Crippen molar-refractivity contribution in [3.63, 3.8) is 0 Å². The van der Waals surface area contributed by atoms with Crippen molar-refractivity contribution in [1.29, 1.82) is 0 Å². The van der Waals surface area contributed by atoms with Crippen molar-refractivity contribution in [3.8, 4) is 5.75 Å². The Balaban J connectivity index is 1.34. The maximum Gasteiger partial charge on any atom is 0.249 e. The van der Waals surface area contributed by atoms with Gasteiger partial charge in [0.2, 0.25) is 5.91 Å². The molecule has 0 radical (unpaired) electrons. The van der Waals surface area contributed by atoms with Crippen molar-refractivity contribution in [1.82, 2.24) is 9.88 Å². The predicted molar refractivity (Wildman–Crippen MR) is 85.0 cm³/mol. The highest BCUT2D eigenvalue weighted by atomic mass is 16.5. The fourth-order valence-electron chi connectivity index (χ4n) is 3.81. The molecular weight excluding hydrogens is 292 g/mol. The molecule has 1 spiro atoms. The van der Waals surface area contributed by atoms with Crippen LogP contribution in [0.2, 0.25) is 0 Å². The lowest BCUT2D eigenvalue weighted by atomic mass is 9.81. The third-order valence-electron chi connectivity index (χ3n) is 5.21. The minimum Gasteiger partial charge on any atom is -0.492 e. The van der Waals surface area contributed by atoms with E-state index in [9.17, 15) is 4.79 Å². The first-order chi connectivity index (χ1) is 11.3. The van der Waals surface area contributed by atoms with Gasteiger partial charge in [0.05, 0.1) is 25.9 Å². The second-order valence-electron chi connectivity index (χ2n) is 6.68. The number of carbonyl (C=O) groups is 1. The predicted octanol–water partition coefficient (Wildman–Crippen LogP) is 2.19. The van der Waals surface area contributed by atoms with Gasteiger partial charge >= 0.3 is 0 Å². The second kappa shape index (κ2) is 5.96. The molecule has 1 atom stereocenters. The molecule has 0 aromatic carbocycles. The summed E-state index contributed by atoms with van der Waals surface area (Å²) in [4.78, 5) is 18.4. The van der Waals surface area contributed by atoms with E-state index in [1.54, 1.807) is 12.4 Å². The highest BCUT2D eigenvalue weighted by Crippen LogP contribution is 2.41. The largest absolute Gasteiger partial charge is 0.492 e. The highest BCUT2D eigenvalue weighted by molar-refractivity contribution is 5.94. The van der Waals surface area contributed by atoms with Crippen LogP contribution in [-0.2, 0) is 9.53 Å². The van der Waals surface area contributed by atoms with Crippen LogP contribution in [-0.4, -0.2) is 47.7 Å². The zero-order chi connectivity index (χ0) is 15.7. The number of likely N-dealkylation sites (tertiary alicyclic amines) is 1. The van der Waals surface area contributed by atoms with Gasteiger partial charge in [-0.1, -0.05) is 6.08 Å². The van der Waals surface area contributed by atoms with E-state index in [-0.39, 0.29) is 11.5 Å². The van der Waals surface area contributed by atoms with Crippen molar-refractivity contribution < 1.29 is 14.3 Å². The number of allylic oxidation sites excluding steroid dienone is 1. The maximum atomic E-state index is 12.4. The lowest BCUT2D eigenvalue weighted by Crippen LogP contribution is -2.67. The monoisotopic (exact) mass is 314 g/mol. The Labute approximate surface area is 136 Å². The van der Waals surface area contributed by atoms with Crippen molar-refractivity contribution in [3.05, 3.63) is 36.2 Å². The Bertz CT molecular complexity index is 608. The lowest BCUT2D eigenvalue weighted by molar-refractivity contribution is -0.163. The normalized spacial score (nSPS) is 25.3. The molecule has 2 aliphatic heterocycles. The maximum absolute atomic E-state index is 12.4. The molecule has 2 fully saturated rings. The average molecular weight is 314 g/mol. The molecule has 122 valence electrons. The number of pyridine rings is 1. The number of amides is 1. The summed E-state index contributed by atoms with van der Waals surface area (Å²) >= 11 is 0. The van der Waals surface area contributed by atoms with Gasteiger partial charge in [-0.2, -0.15) is 0 Å². The van der Waals surface area contributed by atoms with E-state index >= 15 is 0 Å². The van der Waals surface area contributed by atoms with E-state index in [1.807, 2.05) is 17.0 Å². The van der Waals surface area contributed by atoms with Crippen LogP contribution < -0.4 is 4.74 Å². The molecule has 0 bridgehead atoms. The Kier molecular flexibility index (Phi) is 3.81. The van der Waals surface area contributed by atoms with E-state index in [0.29, 0.717) is 25.6 Å². The number of rotatable bonds is 4. The zero-order valence-electron chi connectivity index (χ0n) is 13.2. The van der Waals surface area contributed by atoms with Crippen LogP contribution in [0.25, 0.3) is 0 Å². The molecule has 1 aliphatic carbocycles. The van der Waals surface area contributed by atoms with E-state index in [4.69, 9.17) is 9.47 Å². The SMILES string of the molecule is O=C(C1=CCCC1)N1CC2(C1)OCC[C@H]2COc1cccnc1. The van der Waals surface area contributed by atoms with Crippen LogP contribution in [0.15, 0.2) is 36.2 Å². The van der Waals surface area contributed by atoms with Crippen molar-refractivity contribution in [2.75, 3.05) is 26.3 Å². The van der Waals surface area contributed by atoms with Crippen molar-refractivity contribution in [2.24, 2.45) is 5.92 Å². The van der Waals surface area contributed by atoms with Gasteiger partial charge in [0.15, 0.2) is 0 Å². The van der Waals surface area contributed by atoms with Gasteiger partial charge in [-0.25, -0.2) is 0 Å². The molecular formula is C18H22N2O3. The number of nitrogens with zero attached hydrogens (tertiary/aromatic N) is 2. The van der Waals surface area contributed by atoms with Gasteiger partial charge in [-0.05, 0) is 37.8 Å². The van der Waals surface area contributed by atoms with Gasteiger partial charge < -0.3 is 14.4 Å². The second-order valence-corrected chi connectivity index (χ2v) is 6.68. The van der Waals surface area contributed by atoms with Crippen molar-refractivity contribution >= 4 is 5.91 Å². The first-order valence-corrected chi connectivity index (χ1v) is 8.42. The van der Waals surface area contributed by atoms with E-state index in [0.717, 1.165) is 43.6 Å². The van der Waals surface area contributed by atoms with Gasteiger partial charge in [-0.15, -0.1) is 0 Å². The molecule has 0 unspecified atom stereocenters. The quantitative estimate of drug-likeness (QED) is 0.855. The van der Waals surface area contributed by atoms with Crippen molar-refractivity contribution in [2.45, 2.75) is 31.3 Å². The fraction of sp³-hybridized carbons (Fsp3) is 0.556. The Morgan fingerprint density at radius 3 is 3.13 bits per heavy atom. The third kappa shape index (κ3) is 2.74. The molecule has 5 nitrogen and oxygen atoms in total. The number of hydrogen-bond acceptors (Lipinski definition) is 4.